The maximum Gasteiger partial charge on any atom is 0.407 e. The molecule has 0 spiro atoms. The van der Waals surface area contributed by atoms with Crippen molar-refractivity contribution in [2.75, 3.05) is 46.4 Å². The average molecular weight is 376 g/mol. The standard InChI is InChI=1S/C18H28N6O3/c1-23-7-2-3-12(23)11-27-17-21-14-9-19-5-4-13(14)16(22-17)15-10-20-6-8-24(15)18(25)26/h12,15,19-20H,2-11H2,1H3,(H,25,26)/t12-,15?/m1/s1. The Morgan fingerprint density at radius 1 is 1.30 bits per heavy atom. The van der Waals surface area contributed by atoms with Gasteiger partial charge >= 0.3 is 12.1 Å². The Balaban J connectivity index is 1.61. The zero-order valence-corrected chi connectivity index (χ0v) is 15.8. The van der Waals surface area contributed by atoms with Gasteiger partial charge in [0.25, 0.3) is 0 Å². The molecule has 27 heavy (non-hydrogen) atoms. The molecular formula is C18H28N6O3. The molecule has 9 nitrogen and oxygen atoms in total. The Morgan fingerprint density at radius 3 is 2.96 bits per heavy atom. The number of amides is 1. The first-order valence-electron chi connectivity index (χ1n) is 9.77. The number of ether oxygens (including phenoxy) is 1. The summed E-state index contributed by atoms with van der Waals surface area (Å²) in [7, 11) is 2.11. The molecule has 2 fully saturated rings. The minimum absolute atomic E-state index is 0.303. The van der Waals surface area contributed by atoms with Gasteiger partial charge in [-0.25, -0.2) is 4.79 Å². The number of carbonyl (C=O) groups is 1. The molecule has 4 rings (SSSR count). The van der Waals surface area contributed by atoms with E-state index < -0.39 is 6.09 Å². The summed E-state index contributed by atoms with van der Waals surface area (Å²) in [6, 6.07) is 0.448. The van der Waals surface area contributed by atoms with Gasteiger partial charge in [-0.15, -0.1) is 0 Å². The number of likely N-dealkylation sites (tertiary alicyclic amines) is 1. The molecule has 3 aliphatic heterocycles. The van der Waals surface area contributed by atoms with Gasteiger partial charge in [0.05, 0.1) is 17.4 Å². The number of aromatic nitrogens is 2. The Kier molecular flexibility index (Phi) is 5.42. The number of likely N-dealkylation sites (N-methyl/N-ethyl adjacent to an activating group) is 1. The normalized spacial score (nSPS) is 26.0. The first-order chi connectivity index (χ1) is 13.1. The van der Waals surface area contributed by atoms with E-state index in [1.54, 1.807) is 0 Å². The highest BCUT2D eigenvalue weighted by Crippen LogP contribution is 2.29. The van der Waals surface area contributed by atoms with Crippen LogP contribution in [0.1, 0.15) is 35.8 Å². The minimum atomic E-state index is -0.905. The Bertz CT molecular complexity index is 700. The lowest BCUT2D eigenvalue weighted by Gasteiger charge is -2.35. The molecule has 0 radical (unpaired) electrons. The zero-order valence-electron chi connectivity index (χ0n) is 15.8. The first kappa shape index (κ1) is 18.4. The van der Waals surface area contributed by atoms with Crippen molar-refractivity contribution in [1.82, 2.24) is 30.4 Å². The molecule has 2 saturated heterocycles. The van der Waals surface area contributed by atoms with E-state index in [2.05, 4.69) is 27.6 Å². The van der Waals surface area contributed by atoms with Crippen molar-refractivity contribution in [3.8, 4) is 6.01 Å². The van der Waals surface area contributed by atoms with Crippen molar-refractivity contribution in [2.45, 2.75) is 37.9 Å². The Hall–Kier alpha value is -1.97. The highest BCUT2D eigenvalue weighted by atomic mass is 16.5. The predicted octanol–water partition coefficient (Wildman–Crippen LogP) is 0.220. The van der Waals surface area contributed by atoms with E-state index in [9.17, 15) is 9.90 Å². The van der Waals surface area contributed by atoms with Crippen molar-refractivity contribution in [2.24, 2.45) is 0 Å². The zero-order chi connectivity index (χ0) is 18.8. The molecule has 2 atom stereocenters. The van der Waals surface area contributed by atoms with Crippen LogP contribution >= 0.6 is 0 Å². The van der Waals surface area contributed by atoms with Crippen molar-refractivity contribution in [3.05, 3.63) is 17.0 Å². The van der Waals surface area contributed by atoms with E-state index in [0.717, 1.165) is 42.9 Å². The monoisotopic (exact) mass is 376 g/mol. The molecule has 0 bridgehead atoms. The van der Waals surface area contributed by atoms with E-state index in [4.69, 9.17) is 9.72 Å². The van der Waals surface area contributed by atoms with Gasteiger partial charge in [-0.05, 0) is 39.4 Å². The van der Waals surface area contributed by atoms with Crippen LogP contribution in [0.5, 0.6) is 6.01 Å². The fourth-order valence-corrected chi connectivity index (χ4v) is 4.24. The third-order valence-electron chi connectivity index (χ3n) is 5.83. The van der Waals surface area contributed by atoms with Gasteiger partial charge in [0.2, 0.25) is 0 Å². The summed E-state index contributed by atoms with van der Waals surface area (Å²) in [5.74, 6) is 0. The maximum atomic E-state index is 11.7. The van der Waals surface area contributed by atoms with Gasteiger partial charge < -0.3 is 25.4 Å². The molecule has 0 saturated carbocycles. The van der Waals surface area contributed by atoms with Gasteiger partial charge in [0, 0.05) is 37.8 Å². The summed E-state index contributed by atoms with van der Waals surface area (Å²) in [5, 5.41) is 16.3. The second-order valence-corrected chi connectivity index (χ2v) is 7.53. The summed E-state index contributed by atoms with van der Waals surface area (Å²) in [5.41, 5.74) is 2.79. The van der Waals surface area contributed by atoms with Gasteiger partial charge in [0.15, 0.2) is 0 Å². The molecule has 9 heteroatoms. The van der Waals surface area contributed by atoms with Crippen molar-refractivity contribution in [1.29, 1.82) is 0 Å². The number of nitrogens with one attached hydrogen (secondary N) is 2. The third-order valence-corrected chi connectivity index (χ3v) is 5.83. The number of hydrogen-bond acceptors (Lipinski definition) is 7. The van der Waals surface area contributed by atoms with Gasteiger partial charge in [-0.1, -0.05) is 0 Å². The van der Waals surface area contributed by atoms with Crippen LogP contribution in [0.2, 0.25) is 0 Å². The van der Waals surface area contributed by atoms with E-state index in [1.165, 1.54) is 11.3 Å². The molecule has 1 amide bonds. The number of rotatable bonds is 4. The molecule has 1 aromatic heterocycles. The average Bonchev–Trinajstić information content (AvgIpc) is 3.10. The van der Waals surface area contributed by atoms with Crippen LogP contribution in [0, 0.1) is 0 Å². The van der Waals surface area contributed by atoms with Crippen molar-refractivity contribution in [3.63, 3.8) is 0 Å². The molecule has 3 N–H and O–H groups in total. The number of carboxylic acid groups (broad SMARTS) is 1. The van der Waals surface area contributed by atoms with Crippen molar-refractivity contribution >= 4 is 6.09 Å². The Morgan fingerprint density at radius 2 is 2.19 bits per heavy atom. The number of piperazine rings is 1. The summed E-state index contributed by atoms with van der Waals surface area (Å²) < 4.78 is 5.98. The number of fused-ring (bicyclic) bond motifs is 1. The lowest BCUT2D eigenvalue weighted by Crippen LogP contribution is -2.49. The van der Waals surface area contributed by atoms with Gasteiger partial charge in [-0.3, -0.25) is 4.90 Å². The van der Waals surface area contributed by atoms with E-state index in [0.29, 0.717) is 44.8 Å². The van der Waals surface area contributed by atoms with E-state index in [-0.39, 0.29) is 6.04 Å². The molecule has 1 aromatic rings. The maximum absolute atomic E-state index is 11.7. The summed E-state index contributed by atoms with van der Waals surface area (Å²) >= 11 is 0. The third kappa shape index (κ3) is 3.85. The highest BCUT2D eigenvalue weighted by molar-refractivity contribution is 5.66. The fraction of sp³-hybridized carbons (Fsp3) is 0.722. The molecule has 3 aliphatic rings. The van der Waals surface area contributed by atoms with Crippen LogP contribution in [-0.4, -0.2) is 83.4 Å². The van der Waals surface area contributed by atoms with Gasteiger partial charge in [-0.2, -0.15) is 9.97 Å². The second kappa shape index (κ2) is 7.95. The molecule has 0 aliphatic carbocycles. The first-order valence-corrected chi connectivity index (χ1v) is 9.77. The quantitative estimate of drug-likeness (QED) is 0.686. The molecule has 1 unspecified atom stereocenters. The van der Waals surface area contributed by atoms with Crippen LogP contribution < -0.4 is 15.4 Å². The summed E-state index contributed by atoms with van der Waals surface area (Å²) in [6.45, 7) is 4.85. The van der Waals surface area contributed by atoms with E-state index in [1.807, 2.05) is 0 Å². The minimum Gasteiger partial charge on any atom is -0.465 e. The predicted molar refractivity (Wildman–Crippen MR) is 98.9 cm³/mol. The SMILES string of the molecule is CN1CCC[C@@H]1COc1nc2c(c(C3CNCCN3C(=O)O)n1)CCNC2. The Labute approximate surface area is 159 Å². The molecule has 148 valence electrons. The summed E-state index contributed by atoms with van der Waals surface area (Å²) in [4.78, 5) is 24.8. The molecule has 4 heterocycles. The molecular weight excluding hydrogens is 348 g/mol. The fourth-order valence-electron chi connectivity index (χ4n) is 4.24. The smallest absolute Gasteiger partial charge is 0.407 e. The lowest BCUT2D eigenvalue weighted by molar-refractivity contribution is 0.110. The number of nitrogens with zero attached hydrogens (tertiary/aromatic N) is 4. The number of hydrogen-bond donors (Lipinski definition) is 3. The van der Waals surface area contributed by atoms with Crippen molar-refractivity contribution < 1.29 is 14.6 Å². The largest absolute Gasteiger partial charge is 0.465 e. The topological polar surface area (TPSA) is 103 Å². The van der Waals surface area contributed by atoms with Gasteiger partial charge in [0.1, 0.15) is 6.61 Å². The van der Waals surface area contributed by atoms with Crippen LogP contribution in [0.3, 0.4) is 0 Å². The summed E-state index contributed by atoms with van der Waals surface area (Å²) in [6.07, 6.45) is 2.21. The highest BCUT2D eigenvalue weighted by Gasteiger charge is 2.33. The van der Waals surface area contributed by atoms with Crippen LogP contribution in [0.4, 0.5) is 4.79 Å². The molecule has 0 aromatic carbocycles. The lowest BCUT2D eigenvalue weighted by atomic mass is 9.98. The van der Waals surface area contributed by atoms with E-state index >= 15 is 0 Å². The van der Waals surface area contributed by atoms with Crippen LogP contribution in [0.25, 0.3) is 0 Å². The second-order valence-electron chi connectivity index (χ2n) is 7.53. The van der Waals surface area contributed by atoms with Crippen LogP contribution in [-0.2, 0) is 13.0 Å². The van der Waals surface area contributed by atoms with Crippen LogP contribution in [0.15, 0.2) is 0 Å².